The average Bonchev–Trinajstić information content (AvgIpc) is 3.14. The summed E-state index contributed by atoms with van der Waals surface area (Å²) < 4.78 is 0. The number of hydrogen-bond acceptors (Lipinski definition) is 4. The second-order valence-corrected chi connectivity index (χ2v) is 7.91. The van der Waals surface area contributed by atoms with E-state index in [0.29, 0.717) is 18.5 Å². The number of urea groups is 1. The van der Waals surface area contributed by atoms with Gasteiger partial charge in [0.2, 0.25) is 0 Å². The van der Waals surface area contributed by atoms with Crippen molar-refractivity contribution in [2.45, 2.75) is 31.8 Å². The van der Waals surface area contributed by atoms with Gasteiger partial charge in [0.15, 0.2) is 0 Å². The highest BCUT2D eigenvalue weighted by atomic mass is 16.2. The van der Waals surface area contributed by atoms with E-state index < -0.39 is 0 Å². The Balaban J connectivity index is 1.57. The molecule has 0 spiro atoms. The Morgan fingerprint density at radius 3 is 2.74 bits per heavy atom. The Kier molecular flexibility index (Phi) is 7.24. The van der Waals surface area contributed by atoms with Gasteiger partial charge in [0.05, 0.1) is 0 Å². The molecule has 2 amide bonds. The first-order valence-corrected chi connectivity index (χ1v) is 10.1. The van der Waals surface area contributed by atoms with Crippen LogP contribution >= 0.6 is 0 Å². The molecule has 2 fully saturated rings. The van der Waals surface area contributed by atoms with Crippen LogP contribution in [0, 0.1) is 5.92 Å². The largest absolute Gasteiger partial charge is 0.338 e. The van der Waals surface area contributed by atoms with Crippen LogP contribution in [0.3, 0.4) is 0 Å². The van der Waals surface area contributed by atoms with Crippen LogP contribution in [-0.4, -0.2) is 78.1 Å². The Bertz CT molecular complexity index is 600. The highest BCUT2D eigenvalue weighted by Crippen LogP contribution is 2.19. The molecule has 0 aromatic carbocycles. The summed E-state index contributed by atoms with van der Waals surface area (Å²) in [7, 11) is 2.15. The van der Waals surface area contributed by atoms with E-state index in [1.807, 2.05) is 23.1 Å². The number of rotatable bonds is 7. The van der Waals surface area contributed by atoms with E-state index in [4.69, 9.17) is 0 Å². The average molecular weight is 372 g/mol. The summed E-state index contributed by atoms with van der Waals surface area (Å²) in [5, 5.41) is 3.22. The van der Waals surface area contributed by atoms with Gasteiger partial charge in [0.25, 0.3) is 0 Å². The van der Waals surface area contributed by atoms with Gasteiger partial charge in [-0.25, -0.2) is 4.79 Å². The Labute approximate surface area is 163 Å². The third-order valence-electron chi connectivity index (χ3n) is 5.79. The monoisotopic (exact) mass is 371 g/mol. The van der Waals surface area contributed by atoms with Crippen molar-refractivity contribution in [3.8, 4) is 0 Å². The molecule has 1 aromatic rings. The molecule has 0 saturated carbocycles. The lowest BCUT2D eigenvalue weighted by molar-refractivity contribution is 0.126. The molecule has 2 aliphatic heterocycles. The molecule has 148 valence electrons. The fourth-order valence-electron chi connectivity index (χ4n) is 4.12. The van der Waals surface area contributed by atoms with E-state index in [9.17, 15) is 4.79 Å². The molecule has 27 heavy (non-hydrogen) atoms. The molecule has 6 nitrogen and oxygen atoms in total. The van der Waals surface area contributed by atoms with Crippen LogP contribution in [0.4, 0.5) is 4.79 Å². The van der Waals surface area contributed by atoms with Crippen LogP contribution in [-0.2, 0) is 6.54 Å². The predicted molar refractivity (Wildman–Crippen MR) is 108 cm³/mol. The van der Waals surface area contributed by atoms with Crippen molar-refractivity contribution in [2.75, 3.05) is 46.3 Å². The number of likely N-dealkylation sites (tertiary alicyclic amines) is 2. The topological polar surface area (TPSA) is 51.7 Å². The van der Waals surface area contributed by atoms with Gasteiger partial charge in [-0.3, -0.25) is 9.88 Å². The Morgan fingerprint density at radius 1 is 1.30 bits per heavy atom. The Morgan fingerprint density at radius 2 is 2.04 bits per heavy atom. The fraction of sp³-hybridized carbons (Fsp3) is 0.619. The summed E-state index contributed by atoms with van der Waals surface area (Å²) in [6.07, 6.45) is 8.76. The number of carbonyl (C=O) groups is 1. The van der Waals surface area contributed by atoms with Crippen molar-refractivity contribution in [1.29, 1.82) is 0 Å². The van der Waals surface area contributed by atoms with E-state index in [1.54, 1.807) is 12.4 Å². The maximum atomic E-state index is 13.0. The second-order valence-electron chi connectivity index (χ2n) is 7.91. The molecule has 1 N–H and O–H groups in total. The van der Waals surface area contributed by atoms with Crippen molar-refractivity contribution < 1.29 is 4.79 Å². The van der Waals surface area contributed by atoms with E-state index in [-0.39, 0.29) is 6.03 Å². The van der Waals surface area contributed by atoms with Crippen molar-refractivity contribution >= 4 is 6.03 Å². The molecule has 3 rings (SSSR count). The number of piperidine rings is 1. The SMILES string of the molecule is C=CCN1CCC(CNC(=O)N(Cc2ccncc2)C2CCN(C)CC2)C1. The van der Waals surface area contributed by atoms with E-state index in [2.05, 4.69) is 33.7 Å². The molecular weight excluding hydrogens is 338 g/mol. The van der Waals surface area contributed by atoms with Crippen LogP contribution < -0.4 is 5.32 Å². The minimum Gasteiger partial charge on any atom is -0.338 e. The third-order valence-corrected chi connectivity index (χ3v) is 5.79. The standard InChI is InChI=1S/C21H33N5O/c1-3-11-25-14-6-19(16-25)15-23-21(27)26(17-18-4-9-22-10-5-18)20-7-12-24(2)13-8-20/h3-5,9-10,19-20H,1,6-8,11-17H2,2H3,(H,23,27). The quantitative estimate of drug-likeness (QED) is 0.747. The summed E-state index contributed by atoms with van der Waals surface area (Å²) in [4.78, 5) is 23.9. The number of pyridine rings is 1. The van der Waals surface area contributed by atoms with E-state index >= 15 is 0 Å². The van der Waals surface area contributed by atoms with E-state index in [1.165, 1.54) is 0 Å². The van der Waals surface area contributed by atoms with Crippen LogP contribution in [0.2, 0.25) is 0 Å². The van der Waals surface area contributed by atoms with Crippen LogP contribution in [0.15, 0.2) is 37.2 Å². The molecule has 0 aliphatic carbocycles. The smallest absolute Gasteiger partial charge is 0.317 e. The van der Waals surface area contributed by atoms with Crippen molar-refractivity contribution in [3.05, 3.63) is 42.7 Å². The van der Waals surface area contributed by atoms with E-state index in [0.717, 1.165) is 64.1 Å². The molecule has 2 saturated heterocycles. The van der Waals surface area contributed by atoms with Crippen molar-refractivity contribution in [2.24, 2.45) is 5.92 Å². The maximum absolute atomic E-state index is 13.0. The van der Waals surface area contributed by atoms with Gasteiger partial charge in [-0.05, 0) is 69.6 Å². The molecule has 6 heteroatoms. The number of carbonyl (C=O) groups excluding carboxylic acids is 1. The minimum atomic E-state index is 0.0727. The summed E-state index contributed by atoms with van der Waals surface area (Å²) in [5.41, 5.74) is 1.14. The lowest BCUT2D eigenvalue weighted by Gasteiger charge is -2.37. The number of nitrogens with one attached hydrogen (secondary N) is 1. The summed E-state index contributed by atoms with van der Waals surface area (Å²) in [6.45, 7) is 10.4. The predicted octanol–water partition coefficient (Wildman–Crippen LogP) is 2.20. The number of hydrogen-bond donors (Lipinski definition) is 1. The van der Waals surface area contributed by atoms with Crippen LogP contribution in [0.1, 0.15) is 24.8 Å². The second kappa shape index (κ2) is 9.85. The summed E-state index contributed by atoms with van der Waals surface area (Å²) >= 11 is 0. The lowest BCUT2D eigenvalue weighted by Crippen LogP contribution is -2.50. The zero-order chi connectivity index (χ0) is 19.1. The Hall–Kier alpha value is -1.92. The van der Waals surface area contributed by atoms with Crippen molar-refractivity contribution in [3.63, 3.8) is 0 Å². The van der Waals surface area contributed by atoms with Gasteiger partial charge in [-0.1, -0.05) is 6.08 Å². The maximum Gasteiger partial charge on any atom is 0.317 e. The molecule has 3 heterocycles. The van der Waals surface area contributed by atoms with Gasteiger partial charge < -0.3 is 15.1 Å². The lowest BCUT2D eigenvalue weighted by atomic mass is 10.0. The van der Waals surface area contributed by atoms with Gasteiger partial charge in [0, 0.05) is 44.6 Å². The van der Waals surface area contributed by atoms with Crippen LogP contribution in [0.5, 0.6) is 0 Å². The number of nitrogens with zero attached hydrogens (tertiary/aromatic N) is 4. The summed E-state index contributed by atoms with van der Waals surface area (Å²) in [6, 6.07) is 4.37. The van der Waals surface area contributed by atoms with Gasteiger partial charge in [-0.2, -0.15) is 0 Å². The van der Waals surface area contributed by atoms with Gasteiger partial charge in [0.1, 0.15) is 0 Å². The molecule has 1 unspecified atom stereocenters. The first kappa shape index (κ1) is 19.8. The minimum absolute atomic E-state index is 0.0727. The first-order valence-electron chi connectivity index (χ1n) is 10.1. The first-order chi connectivity index (χ1) is 13.2. The zero-order valence-corrected chi connectivity index (χ0v) is 16.5. The highest BCUT2D eigenvalue weighted by molar-refractivity contribution is 5.74. The van der Waals surface area contributed by atoms with Gasteiger partial charge >= 0.3 is 6.03 Å². The molecule has 2 aliphatic rings. The van der Waals surface area contributed by atoms with Crippen LogP contribution in [0.25, 0.3) is 0 Å². The van der Waals surface area contributed by atoms with Gasteiger partial charge in [-0.15, -0.1) is 6.58 Å². The normalized spacial score (nSPS) is 21.9. The molecule has 1 atom stereocenters. The summed E-state index contributed by atoms with van der Waals surface area (Å²) in [5.74, 6) is 0.536. The highest BCUT2D eigenvalue weighted by Gasteiger charge is 2.28. The molecule has 0 radical (unpaired) electrons. The fourth-order valence-corrected chi connectivity index (χ4v) is 4.12. The number of aromatic nitrogens is 1. The molecule has 0 bridgehead atoms. The zero-order valence-electron chi connectivity index (χ0n) is 16.5. The number of amides is 2. The molecule has 1 aromatic heterocycles. The third kappa shape index (κ3) is 5.78. The molecular formula is C21H33N5O. The van der Waals surface area contributed by atoms with Crippen molar-refractivity contribution in [1.82, 2.24) is 25.0 Å².